The molecule has 0 fully saturated rings. The highest BCUT2D eigenvalue weighted by Gasteiger charge is 2.14. The first kappa shape index (κ1) is 10.7. The molecule has 1 aromatic carbocycles. The molecule has 0 aliphatic heterocycles. The van der Waals surface area contributed by atoms with Gasteiger partial charge in [-0.3, -0.25) is 0 Å². The summed E-state index contributed by atoms with van der Waals surface area (Å²) in [5, 5.41) is 14.1. The molecule has 4 heteroatoms. The van der Waals surface area contributed by atoms with E-state index in [9.17, 15) is 0 Å². The highest BCUT2D eigenvalue weighted by molar-refractivity contribution is 7.20. The van der Waals surface area contributed by atoms with Gasteiger partial charge in [-0.25, -0.2) is 0 Å². The Morgan fingerprint density at radius 3 is 2.88 bits per heavy atom. The lowest BCUT2D eigenvalue weighted by atomic mass is 10.1. The van der Waals surface area contributed by atoms with Crippen molar-refractivity contribution >= 4 is 27.1 Å². The number of hydrogen-bond donors (Lipinski definition) is 0. The number of benzene rings is 1. The van der Waals surface area contributed by atoms with Crippen LogP contribution in [-0.4, -0.2) is 12.8 Å². The Hall–Kier alpha value is -1.86. The SMILES string of the molecule is CO/N=C(/C)c1c(C#N)sc2ccccc12. The molecule has 3 nitrogen and oxygen atoms in total. The fraction of sp³-hybridized carbons (Fsp3) is 0.167. The molecule has 0 aliphatic carbocycles. The van der Waals surface area contributed by atoms with E-state index in [2.05, 4.69) is 11.2 Å². The molecular formula is C12H10N2OS. The van der Waals surface area contributed by atoms with Crippen molar-refractivity contribution in [1.82, 2.24) is 0 Å². The number of nitrogens with zero attached hydrogens (tertiary/aromatic N) is 2. The average molecular weight is 230 g/mol. The maximum atomic E-state index is 9.10. The molecule has 80 valence electrons. The van der Waals surface area contributed by atoms with Crippen LogP contribution in [0, 0.1) is 11.3 Å². The largest absolute Gasteiger partial charge is 0.399 e. The maximum absolute atomic E-state index is 9.10. The van der Waals surface area contributed by atoms with Gasteiger partial charge in [0.2, 0.25) is 0 Å². The Morgan fingerprint density at radius 1 is 1.44 bits per heavy atom. The summed E-state index contributed by atoms with van der Waals surface area (Å²) in [6.45, 7) is 1.85. The van der Waals surface area contributed by atoms with E-state index < -0.39 is 0 Å². The van der Waals surface area contributed by atoms with E-state index in [0.29, 0.717) is 4.88 Å². The number of thiophene rings is 1. The van der Waals surface area contributed by atoms with Crippen molar-refractivity contribution in [1.29, 1.82) is 5.26 Å². The minimum absolute atomic E-state index is 0.680. The van der Waals surface area contributed by atoms with Gasteiger partial charge in [0.1, 0.15) is 18.1 Å². The fourth-order valence-electron chi connectivity index (χ4n) is 1.67. The smallest absolute Gasteiger partial charge is 0.115 e. The second-order valence-corrected chi connectivity index (χ2v) is 4.33. The summed E-state index contributed by atoms with van der Waals surface area (Å²) >= 11 is 1.48. The van der Waals surface area contributed by atoms with Gasteiger partial charge in [-0.05, 0) is 13.0 Å². The van der Waals surface area contributed by atoms with Gasteiger partial charge in [-0.2, -0.15) is 5.26 Å². The van der Waals surface area contributed by atoms with Crippen molar-refractivity contribution in [2.45, 2.75) is 6.92 Å². The summed E-state index contributed by atoms with van der Waals surface area (Å²) in [5.41, 5.74) is 1.61. The third-order valence-electron chi connectivity index (χ3n) is 2.29. The quantitative estimate of drug-likeness (QED) is 0.587. The zero-order valence-electron chi connectivity index (χ0n) is 9.02. The van der Waals surface area contributed by atoms with Gasteiger partial charge in [-0.1, -0.05) is 23.4 Å². The third-order valence-corrected chi connectivity index (χ3v) is 3.36. The van der Waals surface area contributed by atoms with Gasteiger partial charge in [0.15, 0.2) is 0 Å². The highest BCUT2D eigenvalue weighted by Crippen LogP contribution is 2.31. The van der Waals surface area contributed by atoms with Crippen LogP contribution >= 0.6 is 11.3 Å². The van der Waals surface area contributed by atoms with Gasteiger partial charge in [0, 0.05) is 15.6 Å². The lowest BCUT2D eigenvalue weighted by molar-refractivity contribution is 0.213. The summed E-state index contributed by atoms with van der Waals surface area (Å²) in [4.78, 5) is 5.44. The number of rotatable bonds is 2. The molecule has 0 radical (unpaired) electrons. The first-order valence-electron chi connectivity index (χ1n) is 4.77. The highest BCUT2D eigenvalue weighted by atomic mass is 32.1. The van der Waals surface area contributed by atoms with Gasteiger partial charge in [-0.15, -0.1) is 11.3 Å². The molecule has 0 saturated heterocycles. The first-order valence-corrected chi connectivity index (χ1v) is 5.59. The van der Waals surface area contributed by atoms with Gasteiger partial charge >= 0.3 is 0 Å². The number of oxime groups is 1. The second kappa shape index (κ2) is 4.33. The van der Waals surface area contributed by atoms with Crippen molar-refractivity contribution < 1.29 is 4.84 Å². The molecule has 2 rings (SSSR count). The molecule has 0 unspecified atom stereocenters. The summed E-state index contributed by atoms with van der Waals surface area (Å²) in [6.07, 6.45) is 0. The first-order chi connectivity index (χ1) is 7.77. The van der Waals surface area contributed by atoms with E-state index in [1.807, 2.05) is 31.2 Å². The minimum atomic E-state index is 0.680. The predicted octanol–water partition coefficient (Wildman–Crippen LogP) is 3.14. The molecule has 16 heavy (non-hydrogen) atoms. The van der Waals surface area contributed by atoms with Crippen molar-refractivity contribution in [3.63, 3.8) is 0 Å². The molecule has 2 aromatic rings. The van der Waals surface area contributed by atoms with Crippen molar-refractivity contribution in [2.75, 3.05) is 7.11 Å². The van der Waals surface area contributed by atoms with Crippen LogP contribution < -0.4 is 0 Å². The van der Waals surface area contributed by atoms with Crippen LogP contribution in [0.15, 0.2) is 29.4 Å². The van der Waals surface area contributed by atoms with Gasteiger partial charge in [0.25, 0.3) is 0 Å². The molecule has 0 aliphatic rings. The van der Waals surface area contributed by atoms with Crippen LogP contribution in [0.4, 0.5) is 0 Å². The summed E-state index contributed by atoms with van der Waals surface area (Å²) in [7, 11) is 1.50. The third kappa shape index (κ3) is 1.66. The van der Waals surface area contributed by atoms with Crippen LogP contribution in [0.3, 0.4) is 0 Å². The lowest BCUT2D eigenvalue weighted by Gasteiger charge is -1.98. The van der Waals surface area contributed by atoms with Crippen molar-refractivity contribution in [3.8, 4) is 6.07 Å². The van der Waals surface area contributed by atoms with Crippen molar-refractivity contribution in [3.05, 3.63) is 34.7 Å². The van der Waals surface area contributed by atoms with Crippen LogP contribution in [0.5, 0.6) is 0 Å². The zero-order chi connectivity index (χ0) is 11.5. The number of fused-ring (bicyclic) bond motifs is 1. The van der Waals surface area contributed by atoms with Crippen LogP contribution in [-0.2, 0) is 4.84 Å². The van der Waals surface area contributed by atoms with E-state index in [4.69, 9.17) is 10.1 Å². The Bertz CT molecular complexity index is 593. The van der Waals surface area contributed by atoms with Crippen LogP contribution in [0.1, 0.15) is 17.4 Å². The molecule has 0 N–H and O–H groups in total. The molecule has 0 atom stereocenters. The molecule has 0 spiro atoms. The van der Waals surface area contributed by atoms with Crippen LogP contribution in [0.25, 0.3) is 10.1 Å². The molecule has 1 aromatic heterocycles. The summed E-state index contributed by atoms with van der Waals surface area (Å²) in [6, 6.07) is 10.1. The van der Waals surface area contributed by atoms with E-state index >= 15 is 0 Å². The monoisotopic (exact) mass is 230 g/mol. The molecule has 0 saturated carbocycles. The minimum Gasteiger partial charge on any atom is -0.399 e. The topological polar surface area (TPSA) is 45.4 Å². The second-order valence-electron chi connectivity index (χ2n) is 3.27. The Morgan fingerprint density at radius 2 is 2.19 bits per heavy atom. The molecular weight excluding hydrogens is 220 g/mol. The van der Waals surface area contributed by atoms with Crippen LogP contribution in [0.2, 0.25) is 0 Å². The Labute approximate surface area is 97.6 Å². The summed E-state index contributed by atoms with van der Waals surface area (Å²) in [5.74, 6) is 0. The molecule has 0 amide bonds. The summed E-state index contributed by atoms with van der Waals surface area (Å²) < 4.78 is 1.10. The van der Waals surface area contributed by atoms with E-state index in [1.54, 1.807) is 0 Å². The standard InChI is InChI=1S/C12H10N2OS/c1-8(14-15-2)12-9-5-3-4-6-10(9)16-11(12)7-13/h3-6H,1-2H3/b14-8-. The number of hydrogen-bond acceptors (Lipinski definition) is 4. The lowest BCUT2D eigenvalue weighted by Crippen LogP contribution is -1.96. The van der Waals surface area contributed by atoms with E-state index in [1.165, 1.54) is 18.4 Å². The predicted molar refractivity (Wildman–Crippen MR) is 65.8 cm³/mol. The Kier molecular flexibility index (Phi) is 2.88. The van der Waals surface area contributed by atoms with Gasteiger partial charge in [0.05, 0.1) is 5.71 Å². The Balaban J connectivity index is 2.75. The van der Waals surface area contributed by atoms with E-state index in [-0.39, 0.29) is 0 Å². The average Bonchev–Trinajstić information content (AvgIpc) is 2.67. The normalized spacial score (nSPS) is 11.4. The number of nitriles is 1. The zero-order valence-corrected chi connectivity index (χ0v) is 9.84. The maximum Gasteiger partial charge on any atom is 0.115 e. The van der Waals surface area contributed by atoms with Gasteiger partial charge < -0.3 is 4.84 Å². The molecule has 0 bridgehead atoms. The van der Waals surface area contributed by atoms with Crippen molar-refractivity contribution in [2.24, 2.45) is 5.16 Å². The molecule has 1 heterocycles. The van der Waals surface area contributed by atoms with E-state index in [0.717, 1.165) is 21.4 Å². The fourth-order valence-corrected chi connectivity index (χ4v) is 2.72.